The lowest BCUT2D eigenvalue weighted by atomic mass is 10.1. The molecule has 5 heteroatoms. The van der Waals surface area contributed by atoms with Crippen molar-refractivity contribution in [2.45, 2.75) is 29.5 Å². The fraction of sp³-hybridized carbons (Fsp3) is 0.538. The monoisotopic (exact) mass is 273 g/mol. The lowest BCUT2D eigenvalue weighted by Gasteiger charge is -2.31. The Morgan fingerprint density at radius 3 is 2.94 bits per heavy atom. The van der Waals surface area contributed by atoms with Gasteiger partial charge in [-0.15, -0.1) is 11.8 Å². The molecule has 1 aromatic rings. The van der Waals surface area contributed by atoms with E-state index in [1.807, 2.05) is 0 Å². The quantitative estimate of drug-likeness (QED) is 0.911. The first-order valence-electron chi connectivity index (χ1n) is 6.13. The molecule has 0 bridgehead atoms. The second-order valence-electron chi connectivity index (χ2n) is 4.26. The molecule has 0 spiro atoms. The molecule has 0 aliphatic carbocycles. The Morgan fingerprint density at radius 1 is 1.39 bits per heavy atom. The maximum absolute atomic E-state index is 13.1. The molecule has 0 saturated carbocycles. The van der Waals surface area contributed by atoms with Crippen molar-refractivity contribution in [2.75, 3.05) is 19.8 Å². The van der Waals surface area contributed by atoms with Crippen molar-refractivity contribution >= 4 is 11.8 Å². The number of nitrogens with one attached hydrogen (secondary N) is 1. The van der Waals surface area contributed by atoms with Crippen molar-refractivity contribution in [2.24, 2.45) is 0 Å². The van der Waals surface area contributed by atoms with Crippen LogP contribution in [-0.4, -0.2) is 31.1 Å². The molecule has 2 rings (SSSR count). The highest BCUT2D eigenvalue weighted by atomic mass is 32.2. The third-order valence-corrected chi connectivity index (χ3v) is 4.24. The van der Waals surface area contributed by atoms with Gasteiger partial charge in [0.25, 0.3) is 0 Å². The van der Waals surface area contributed by atoms with Gasteiger partial charge in [-0.3, -0.25) is 0 Å². The van der Waals surface area contributed by atoms with Crippen molar-refractivity contribution in [3.63, 3.8) is 0 Å². The van der Waals surface area contributed by atoms with E-state index in [0.29, 0.717) is 12.6 Å². The van der Waals surface area contributed by atoms with E-state index in [9.17, 15) is 8.78 Å². The molecule has 0 aromatic heterocycles. The Hall–Kier alpha value is -0.650. The number of hydrogen-bond donors (Lipinski definition) is 1. The summed E-state index contributed by atoms with van der Waals surface area (Å²) in [7, 11) is 0. The molecular weight excluding hydrogens is 256 g/mol. The zero-order chi connectivity index (χ0) is 13.0. The molecule has 2 nitrogen and oxygen atoms in total. The summed E-state index contributed by atoms with van der Waals surface area (Å²) in [5, 5.41) is 3.65. The summed E-state index contributed by atoms with van der Waals surface area (Å²) < 4.78 is 31.5. The van der Waals surface area contributed by atoms with Gasteiger partial charge in [-0.25, -0.2) is 8.78 Å². The van der Waals surface area contributed by atoms with Crippen LogP contribution in [0.2, 0.25) is 0 Å². The minimum atomic E-state index is -0.803. The van der Waals surface area contributed by atoms with Gasteiger partial charge in [0.1, 0.15) is 0 Å². The molecule has 1 aromatic carbocycles. The minimum absolute atomic E-state index is 0.239. The number of rotatable bonds is 4. The molecular formula is C13H17F2NOS. The predicted molar refractivity (Wildman–Crippen MR) is 68.9 cm³/mol. The molecule has 18 heavy (non-hydrogen) atoms. The van der Waals surface area contributed by atoms with Crippen molar-refractivity contribution in [3.8, 4) is 0 Å². The smallest absolute Gasteiger partial charge is 0.159 e. The molecule has 1 N–H and O–H groups in total. The van der Waals surface area contributed by atoms with Crippen molar-refractivity contribution < 1.29 is 13.5 Å². The predicted octanol–water partition coefficient (Wildman–Crippen LogP) is 2.82. The SMILES string of the molecule is CCNC1CCOCC1Sc1ccc(F)c(F)c1. The lowest BCUT2D eigenvalue weighted by Crippen LogP contribution is -2.44. The molecule has 100 valence electrons. The second kappa shape index (κ2) is 6.50. The highest BCUT2D eigenvalue weighted by Crippen LogP contribution is 2.29. The molecule has 1 heterocycles. The summed E-state index contributed by atoms with van der Waals surface area (Å²) in [6, 6.07) is 4.39. The second-order valence-corrected chi connectivity index (χ2v) is 5.57. The van der Waals surface area contributed by atoms with Crippen LogP contribution in [0.25, 0.3) is 0 Å². The number of thioether (sulfide) groups is 1. The van der Waals surface area contributed by atoms with E-state index >= 15 is 0 Å². The molecule has 1 aliphatic rings. The Morgan fingerprint density at radius 2 is 2.22 bits per heavy atom. The van der Waals surface area contributed by atoms with Crippen molar-refractivity contribution in [1.29, 1.82) is 0 Å². The van der Waals surface area contributed by atoms with E-state index in [1.165, 1.54) is 12.1 Å². The summed E-state index contributed by atoms with van der Waals surface area (Å²) in [5.74, 6) is -1.60. The molecule has 1 fully saturated rings. The normalized spacial score (nSPS) is 24.2. The molecule has 2 atom stereocenters. The van der Waals surface area contributed by atoms with Gasteiger partial charge in [0.2, 0.25) is 0 Å². The van der Waals surface area contributed by atoms with Gasteiger partial charge >= 0.3 is 0 Å². The summed E-state index contributed by atoms with van der Waals surface area (Å²) in [6.45, 7) is 4.36. The Bertz CT molecular complexity index is 401. The zero-order valence-electron chi connectivity index (χ0n) is 10.3. The van der Waals surface area contributed by atoms with E-state index in [2.05, 4.69) is 12.2 Å². The Labute approximate surface area is 110 Å². The van der Waals surface area contributed by atoms with E-state index < -0.39 is 11.6 Å². The van der Waals surface area contributed by atoms with Gasteiger partial charge in [0.05, 0.1) is 6.61 Å². The highest BCUT2D eigenvalue weighted by molar-refractivity contribution is 8.00. The number of ether oxygens (including phenoxy) is 1. The minimum Gasteiger partial charge on any atom is -0.380 e. The van der Waals surface area contributed by atoms with Gasteiger partial charge in [-0.2, -0.15) is 0 Å². The lowest BCUT2D eigenvalue weighted by molar-refractivity contribution is 0.0837. The summed E-state index contributed by atoms with van der Waals surface area (Å²) in [6.07, 6.45) is 0.954. The first-order chi connectivity index (χ1) is 8.70. The maximum atomic E-state index is 13.1. The molecule has 1 saturated heterocycles. The summed E-state index contributed by atoms with van der Waals surface area (Å²) in [4.78, 5) is 0.743. The van der Waals surface area contributed by atoms with Crippen molar-refractivity contribution in [3.05, 3.63) is 29.8 Å². The van der Waals surface area contributed by atoms with Crippen molar-refractivity contribution in [1.82, 2.24) is 5.32 Å². The van der Waals surface area contributed by atoms with Crippen LogP contribution >= 0.6 is 11.8 Å². The summed E-state index contributed by atoms with van der Waals surface area (Å²) in [5.41, 5.74) is 0. The van der Waals surface area contributed by atoms with Gasteiger partial charge in [-0.1, -0.05) is 6.92 Å². The highest BCUT2D eigenvalue weighted by Gasteiger charge is 2.26. The van der Waals surface area contributed by atoms with E-state index in [-0.39, 0.29) is 5.25 Å². The van der Waals surface area contributed by atoms with Gasteiger partial charge < -0.3 is 10.1 Å². The fourth-order valence-corrected chi connectivity index (χ4v) is 3.28. The average Bonchev–Trinajstić information content (AvgIpc) is 2.37. The van der Waals surface area contributed by atoms with E-state index in [0.717, 1.165) is 24.5 Å². The molecule has 0 amide bonds. The summed E-state index contributed by atoms with van der Waals surface area (Å²) >= 11 is 1.54. The Kier molecular flexibility index (Phi) is 4.97. The zero-order valence-corrected chi connectivity index (χ0v) is 11.1. The molecule has 0 radical (unpaired) electrons. The van der Waals surface area contributed by atoms with Crippen LogP contribution < -0.4 is 5.32 Å². The van der Waals surface area contributed by atoms with Crippen LogP contribution in [0.1, 0.15) is 13.3 Å². The van der Waals surface area contributed by atoms with Crippen LogP contribution in [-0.2, 0) is 4.74 Å². The van der Waals surface area contributed by atoms with E-state index in [1.54, 1.807) is 17.8 Å². The van der Waals surface area contributed by atoms with Gasteiger partial charge in [0.15, 0.2) is 11.6 Å². The van der Waals surface area contributed by atoms with Crippen LogP contribution in [0.5, 0.6) is 0 Å². The topological polar surface area (TPSA) is 21.3 Å². The largest absolute Gasteiger partial charge is 0.380 e. The van der Waals surface area contributed by atoms with Gasteiger partial charge in [-0.05, 0) is 31.2 Å². The van der Waals surface area contributed by atoms with Crippen LogP contribution in [0.4, 0.5) is 8.78 Å². The third kappa shape index (κ3) is 3.43. The van der Waals surface area contributed by atoms with Gasteiger partial charge in [0, 0.05) is 22.8 Å². The first-order valence-corrected chi connectivity index (χ1v) is 7.01. The number of benzene rings is 1. The molecule has 2 unspecified atom stereocenters. The van der Waals surface area contributed by atoms with Crippen LogP contribution in [0.3, 0.4) is 0 Å². The third-order valence-electron chi connectivity index (χ3n) is 2.95. The van der Waals surface area contributed by atoms with Crippen LogP contribution in [0, 0.1) is 11.6 Å². The average molecular weight is 273 g/mol. The number of hydrogen-bond acceptors (Lipinski definition) is 3. The molecule has 1 aliphatic heterocycles. The first kappa shape index (κ1) is 13.8. The van der Waals surface area contributed by atoms with E-state index in [4.69, 9.17) is 4.74 Å². The Balaban J connectivity index is 2.03. The standard InChI is InChI=1S/C13H17F2NOS/c1-2-16-12-5-6-17-8-13(12)18-9-3-4-10(14)11(15)7-9/h3-4,7,12-13,16H,2,5-6,8H2,1H3. The fourth-order valence-electron chi connectivity index (χ4n) is 2.05. The maximum Gasteiger partial charge on any atom is 0.159 e. The number of halogens is 2. The van der Waals surface area contributed by atoms with Crippen LogP contribution in [0.15, 0.2) is 23.1 Å².